The summed E-state index contributed by atoms with van der Waals surface area (Å²) in [5, 5.41) is 0. The number of carbonyl (C=O) groups excluding carboxylic acids is 1. The molecule has 0 radical (unpaired) electrons. The van der Waals surface area contributed by atoms with E-state index < -0.39 is 0 Å². The molecule has 0 fully saturated rings. The fourth-order valence-electron chi connectivity index (χ4n) is 3.87. The normalized spacial score (nSPS) is 13.8. The van der Waals surface area contributed by atoms with Crippen LogP contribution in [0.5, 0.6) is 0 Å². The molecule has 134 valence electrons. The third-order valence-corrected chi connectivity index (χ3v) is 5.55. The van der Waals surface area contributed by atoms with E-state index in [0.29, 0.717) is 6.42 Å². The maximum atomic E-state index is 12.3. The zero-order valence-electron chi connectivity index (χ0n) is 16.2. The highest BCUT2D eigenvalue weighted by molar-refractivity contribution is 6.03. The van der Waals surface area contributed by atoms with Crippen molar-refractivity contribution in [3.05, 3.63) is 76.9 Å². The van der Waals surface area contributed by atoms with E-state index in [1.54, 1.807) is 0 Å². The van der Waals surface area contributed by atoms with Gasteiger partial charge < -0.3 is 0 Å². The predicted octanol–water partition coefficient (Wildman–Crippen LogP) is 6.72. The van der Waals surface area contributed by atoms with Gasteiger partial charge in [0.25, 0.3) is 0 Å². The Kier molecular flexibility index (Phi) is 5.56. The Morgan fingerprint density at radius 3 is 2.69 bits per heavy atom. The first-order valence-electron chi connectivity index (χ1n) is 9.60. The highest BCUT2D eigenvalue weighted by Crippen LogP contribution is 2.38. The molecule has 1 aliphatic rings. The Morgan fingerprint density at radius 2 is 1.96 bits per heavy atom. The largest absolute Gasteiger partial charge is 0.294 e. The van der Waals surface area contributed by atoms with Crippen LogP contribution in [0.4, 0.5) is 0 Å². The number of aryl methyl sites for hydroxylation is 2. The highest BCUT2D eigenvalue weighted by atomic mass is 16.1. The van der Waals surface area contributed by atoms with Crippen molar-refractivity contribution in [1.29, 1.82) is 0 Å². The van der Waals surface area contributed by atoms with Crippen LogP contribution in [0.2, 0.25) is 0 Å². The molecule has 0 aliphatic heterocycles. The lowest BCUT2D eigenvalue weighted by molar-refractivity contribution is 0.0994. The highest BCUT2D eigenvalue weighted by Gasteiger charge is 2.25. The average Bonchev–Trinajstić information content (AvgIpc) is 3.03. The van der Waals surface area contributed by atoms with Gasteiger partial charge in [-0.2, -0.15) is 0 Å². The van der Waals surface area contributed by atoms with Crippen LogP contribution in [0.15, 0.2) is 49.1 Å². The number of carbonyl (C=O) groups is 1. The molecule has 2 aromatic carbocycles. The number of rotatable bonds is 6. The van der Waals surface area contributed by atoms with Gasteiger partial charge in [-0.05, 0) is 91.5 Å². The minimum absolute atomic E-state index is 0.289. The molecule has 0 unspecified atom stereocenters. The molecule has 2 aromatic rings. The smallest absolute Gasteiger partial charge is 0.163 e. The van der Waals surface area contributed by atoms with E-state index in [1.807, 2.05) is 12.1 Å². The van der Waals surface area contributed by atoms with Crippen molar-refractivity contribution in [3.63, 3.8) is 0 Å². The van der Waals surface area contributed by atoms with Gasteiger partial charge >= 0.3 is 0 Å². The topological polar surface area (TPSA) is 17.1 Å². The molecule has 0 bridgehead atoms. The van der Waals surface area contributed by atoms with Gasteiger partial charge in [0.2, 0.25) is 0 Å². The molecule has 26 heavy (non-hydrogen) atoms. The van der Waals surface area contributed by atoms with Crippen LogP contribution >= 0.6 is 0 Å². The Balaban J connectivity index is 2.19. The molecule has 3 rings (SSSR count). The first-order chi connectivity index (χ1) is 12.6. The van der Waals surface area contributed by atoms with Gasteiger partial charge in [0.1, 0.15) is 0 Å². The van der Waals surface area contributed by atoms with Crippen LogP contribution in [0, 0.1) is 6.92 Å². The van der Waals surface area contributed by atoms with Crippen molar-refractivity contribution < 1.29 is 4.79 Å². The molecule has 1 aliphatic carbocycles. The van der Waals surface area contributed by atoms with Crippen LogP contribution in [-0.4, -0.2) is 5.78 Å². The molecule has 0 heterocycles. The molecular weight excluding hydrogens is 316 g/mol. The zero-order valence-corrected chi connectivity index (χ0v) is 16.2. The summed E-state index contributed by atoms with van der Waals surface area (Å²) in [5.74, 6) is 0.289. The van der Waals surface area contributed by atoms with Crippen molar-refractivity contribution in [2.75, 3.05) is 0 Å². The maximum absolute atomic E-state index is 12.3. The zero-order chi connectivity index (χ0) is 18.7. The van der Waals surface area contributed by atoms with E-state index in [-0.39, 0.29) is 5.78 Å². The van der Waals surface area contributed by atoms with E-state index in [9.17, 15) is 4.79 Å². The molecule has 1 heteroatoms. The molecule has 0 N–H and O–H groups in total. The summed E-state index contributed by atoms with van der Waals surface area (Å²) in [6, 6.07) is 10.9. The first kappa shape index (κ1) is 18.4. The number of hydrogen-bond donors (Lipinski definition) is 0. The van der Waals surface area contributed by atoms with Crippen LogP contribution in [0.3, 0.4) is 0 Å². The van der Waals surface area contributed by atoms with Gasteiger partial charge in [0, 0.05) is 12.0 Å². The first-order valence-corrected chi connectivity index (χ1v) is 9.60. The third kappa shape index (κ3) is 3.44. The number of allylic oxidation sites excluding steroid dienone is 3. The van der Waals surface area contributed by atoms with Crippen molar-refractivity contribution in [2.24, 2.45) is 0 Å². The summed E-state index contributed by atoms with van der Waals surface area (Å²) in [4.78, 5) is 12.3. The summed E-state index contributed by atoms with van der Waals surface area (Å²) in [5.41, 5.74) is 9.94. The quantitative estimate of drug-likeness (QED) is 0.420. The Morgan fingerprint density at radius 1 is 1.15 bits per heavy atom. The van der Waals surface area contributed by atoms with Crippen LogP contribution in [0.25, 0.3) is 16.7 Å². The minimum atomic E-state index is 0.289. The van der Waals surface area contributed by atoms with Gasteiger partial charge in [0.15, 0.2) is 5.78 Å². The predicted molar refractivity (Wildman–Crippen MR) is 112 cm³/mol. The Labute approximate surface area is 157 Å². The van der Waals surface area contributed by atoms with E-state index >= 15 is 0 Å². The van der Waals surface area contributed by atoms with Gasteiger partial charge in [0.05, 0.1) is 0 Å². The SMILES string of the molecule is C=CCCCc1ccc2c(c1-c1cc(/C(C)=C/C)ccc1C)CCC2=O. The Hall–Kier alpha value is -2.41. The maximum Gasteiger partial charge on any atom is 0.163 e. The second-order valence-corrected chi connectivity index (χ2v) is 7.23. The molecule has 0 saturated carbocycles. The number of Topliss-reactive ketones (excluding diaryl/α,β-unsaturated/α-hetero) is 1. The van der Waals surface area contributed by atoms with Gasteiger partial charge in [-0.1, -0.05) is 36.4 Å². The lowest BCUT2D eigenvalue weighted by Crippen LogP contribution is -2.00. The molecular formula is C25H28O. The van der Waals surface area contributed by atoms with Crippen LogP contribution in [0.1, 0.15) is 65.7 Å². The molecule has 1 nitrogen and oxygen atoms in total. The van der Waals surface area contributed by atoms with Crippen molar-refractivity contribution in [2.45, 2.75) is 52.9 Å². The standard InChI is InChI=1S/C25H28O/c1-5-7-8-9-19-12-13-21-22(14-15-24(21)26)25(19)23-16-20(17(3)6-2)11-10-18(23)4/h5-6,10-13,16H,1,7-9,14-15H2,2-4H3/b17-6+. The molecule has 0 aromatic heterocycles. The van der Waals surface area contributed by atoms with Gasteiger partial charge in [-0.3, -0.25) is 4.79 Å². The number of hydrogen-bond acceptors (Lipinski definition) is 1. The van der Waals surface area contributed by atoms with E-state index in [2.05, 4.69) is 57.7 Å². The monoisotopic (exact) mass is 344 g/mol. The van der Waals surface area contributed by atoms with E-state index in [4.69, 9.17) is 0 Å². The van der Waals surface area contributed by atoms with Crippen LogP contribution < -0.4 is 0 Å². The Bertz CT molecular complexity index is 883. The van der Waals surface area contributed by atoms with Crippen molar-refractivity contribution in [1.82, 2.24) is 0 Å². The average molecular weight is 344 g/mol. The second-order valence-electron chi connectivity index (χ2n) is 7.23. The molecule has 0 atom stereocenters. The summed E-state index contributed by atoms with van der Waals surface area (Å²) in [6.07, 6.45) is 8.78. The third-order valence-electron chi connectivity index (χ3n) is 5.55. The van der Waals surface area contributed by atoms with E-state index in [0.717, 1.165) is 31.2 Å². The van der Waals surface area contributed by atoms with Crippen molar-refractivity contribution >= 4 is 11.4 Å². The molecule has 0 spiro atoms. The number of ketones is 1. The van der Waals surface area contributed by atoms with Crippen molar-refractivity contribution in [3.8, 4) is 11.1 Å². The number of unbranched alkanes of at least 4 members (excludes halogenated alkanes) is 1. The lowest BCUT2D eigenvalue weighted by Gasteiger charge is -2.18. The summed E-state index contributed by atoms with van der Waals surface area (Å²) >= 11 is 0. The van der Waals surface area contributed by atoms with Crippen LogP contribution in [-0.2, 0) is 12.8 Å². The molecule has 0 saturated heterocycles. The minimum Gasteiger partial charge on any atom is -0.294 e. The molecule has 0 amide bonds. The fourth-order valence-corrected chi connectivity index (χ4v) is 3.87. The summed E-state index contributed by atoms with van der Waals surface area (Å²) in [6.45, 7) is 10.2. The second kappa shape index (κ2) is 7.86. The fraction of sp³-hybridized carbons (Fsp3) is 0.320. The lowest BCUT2D eigenvalue weighted by atomic mass is 9.86. The van der Waals surface area contributed by atoms with E-state index in [1.165, 1.54) is 39.0 Å². The van der Waals surface area contributed by atoms with Gasteiger partial charge in [-0.25, -0.2) is 0 Å². The number of benzene rings is 2. The summed E-state index contributed by atoms with van der Waals surface area (Å²) < 4.78 is 0. The van der Waals surface area contributed by atoms with Gasteiger partial charge in [-0.15, -0.1) is 6.58 Å². The number of fused-ring (bicyclic) bond motifs is 1. The summed E-state index contributed by atoms with van der Waals surface area (Å²) in [7, 11) is 0.